The zero-order valence-corrected chi connectivity index (χ0v) is 20.7. The fourth-order valence-electron chi connectivity index (χ4n) is 4.45. The number of anilines is 2. The summed E-state index contributed by atoms with van der Waals surface area (Å²) in [7, 11) is 0. The molecule has 3 heterocycles. The molecular weight excluding hydrogens is 505 g/mol. The highest BCUT2D eigenvalue weighted by molar-refractivity contribution is 7.21. The zero-order valence-electron chi connectivity index (χ0n) is 19.9. The second kappa shape index (κ2) is 10.5. The molecule has 5 rings (SSSR count). The number of aliphatic hydroxyl groups excluding tert-OH is 1. The van der Waals surface area contributed by atoms with E-state index in [0.717, 1.165) is 51.3 Å². The topological polar surface area (TPSA) is 105 Å². The Morgan fingerprint density at radius 2 is 1.92 bits per heavy atom. The molecule has 0 amide bonds. The van der Waals surface area contributed by atoms with Crippen molar-refractivity contribution in [1.82, 2.24) is 19.9 Å². The largest absolute Gasteiger partial charge is 0.573 e. The first-order valence-electron chi connectivity index (χ1n) is 11.8. The standard InChI is InChI=1S/C25H25F3N6O2S/c1-14-21(23-33-19-12-29-9-8-20(19)37-23)22(32-17-5-2-16(10-17)13-35)34-24(31-14)30-11-15-3-6-18(7-4-15)36-25(26,27)28/h3-4,6-9,12,16-17,35H,2,5,10-11,13H2,1H3,(H2,30,31,32,34). The van der Waals surface area contributed by atoms with Gasteiger partial charge in [-0.1, -0.05) is 12.1 Å². The molecule has 0 bridgehead atoms. The molecule has 4 aromatic rings. The number of benzene rings is 1. The van der Waals surface area contributed by atoms with Crippen LogP contribution < -0.4 is 15.4 Å². The number of hydrogen-bond acceptors (Lipinski definition) is 9. The van der Waals surface area contributed by atoms with Crippen LogP contribution in [-0.4, -0.2) is 44.1 Å². The third-order valence-electron chi connectivity index (χ3n) is 6.24. The smallest absolute Gasteiger partial charge is 0.406 e. The van der Waals surface area contributed by atoms with Crippen molar-refractivity contribution in [2.45, 2.75) is 45.1 Å². The Labute approximate surface area is 215 Å². The molecule has 8 nitrogen and oxygen atoms in total. The lowest BCUT2D eigenvalue weighted by Crippen LogP contribution is -2.19. The van der Waals surface area contributed by atoms with Crippen molar-refractivity contribution < 1.29 is 23.0 Å². The summed E-state index contributed by atoms with van der Waals surface area (Å²) in [4.78, 5) is 18.3. The van der Waals surface area contributed by atoms with Gasteiger partial charge in [-0.25, -0.2) is 9.97 Å². The van der Waals surface area contributed by atoms with Crippen LogP contribution in [0.5, 0.6) is 5.75 Å². The summed E-state index contributed by atoms with van der Waals surface area (Å²) >= 11 is 1.54. The van der Waals surface area contributed by atoms with Crippen LogP contribution in [0.1, 0.15) is 30.5 Å². The monoisotopic (exact) mass is 530 g/mol. The van der Waals surface area contributed by atoms with Crippen LogP contribution in [0, 0.1) is 12.8 Å². The number of ether oxygens (including phenoxy) is 1. The van der Waals surface area contributed by atoms with E-state index in [1.165, 1.54) is 23.5 Å². The number of alkyl halides is 3. The lowest BCUT2D eigenvalue weighted by molar-refractivity contribution is -0.274. The first kappa shape index (κ1) is 25.2. The van der Waals surface area contributed by atoms with Crippen molar-refractivity contribution in [3.8, 4) is 16.3 Å². The number of halogens is 3. The second-order valence-corrected chi connectivity index (χ2v) is 10.00. The summed E-state index contributed by atoms with van der Waals surface area (Å²) in [6.45, 7) is 2.37. The molecule has 1 saturated carbocycles. The lowest BCUT2D eigenvalue weighted by Gasteiger charge is -2.18. The van der Waals surface area contributed by atoms with Gasteiger partial charge in [0.05, 0.1) is 22.2 Å². The van der Waals surface area contributed by atoms with Gasteiger partial charge in [0.2, 0.25) is 5.95 Å². The number of nitrogens with zero attached hydrogens (tertiary/aromatic N) is 4. The molecule has 194 valence electrons. The van der Waals surface area contributed by atoms with Gasteiger partial charge in [-0.15, -0.1) is 24.5 Å². The predicted molar refractivity (Wildman–Crippen MR) is 135 cm³/mol. The van der Waals surface area contributed by atoms with Crippen molar-refractivity contribution in [3.05, 3.63) is 54.0 Å². The Hall–Kier alpha value is -3.51. The molecular formula is C25H25F3N6O2S. The van der Waals surface area contributed by atoms with Gasteiger partial charge < -0.3 is 20.5 Å². The van der Waals surface area contributed by atoms with Gasteiger partial charge >= 0.3 is 6.36 Å². The molecule has 1 aliphatic carbocycles. The van der Waals surface area contributed by atoms with Crippen LogP contribution in [0.25, 0.3) is 20.8 Å². The van der Waals surface area contributed by atoms with Crippen LogP contribution in [0.3, 0.4) is 0 Å². The Kier molecular flexibility index (Phi) is 7.11. The van der Waals surface area contributed by atoms with Crippen molar-refractivity contribution >= 4 is 33.3 Å². The number of rotatable bonds is 8. The fourth-order valence-corrected chi connectivity index (χ4v) is 5.49. The number of aryl methyl sites for hydroxylation is 1. The molecule has 1 fully saturated rings. The highest BCUT2D eigenvalue weighted by Crippen LogP contribution is 2.37. The predicted octanol–water partition coefficient (Wildman–Crippen LogP) is 5.54. The maximum Gasteiger partial charge on any atom is 0.573 e. The fraction of sp³-hybridized carbons (Fsp3) is 0.360. The number of aromatic nitrogens is 4. The van der Waals surface area contributed by atoms with E-state index >= 15 is 0 Å². The lowest BCUT2D eigenvalue weighted by atomic mass is 10.1. The average Bonchev–Trinajstić information content (AvgIpc) is 3.49. The number of hydrogen-bond donors (Lipinski definition) is 3. The van der Waals surface area contributed by atoms with Gasteiger partial charge in [0.25, 0.3) is 0 Å². The molecule has 37 heavy (non-hydrogen) atoms. The Balaban J connectivity index is 1.40. The van der Waals surface area contributed by atoms with E-state index in [1.807, 2.05) is 13.0 Å². The molecule has 0 aliphatic heterocycles. The second-order valence-electron chi connectivity index (χ2n) is 8.97. The van der Waals surface area contributed by atoms with Crippen molar-refractivity contribution in [1.29, 1.82) is 0 Å². The minimum Gasteiger partial charge on any atom is -0.406 e. The Morgan fingerprint density at radius 3 is 2.62 bits per heavy atom. The minimum absolute atomic E-state index is 0.162. The van der Waals surface area contributed by atoms with Crippen molar-refractivity contribution in [3.63, 3.8) is 0 Å². The normalized spacial score (nSPS) is 17.8. The molecule has 2 unspecified atom stereocenters. The number of fused-ring (bicyclic) bond motifs is 1. The zero-order chi connectivity index (χ0) is 26.0. The van der Waals surface area contributed by atoms with Gasteiger partial charge in [0.15, 0.2) is 0 Å². The SMILES string of the molecule is Cc1nc(NCc2ccc(OC(F)(F)F)cc2)nc(NC2CCC(CO)C2)c1-c1nc2cnccc2s1. The third-order valence-corrected chi connectivity index (χ3v) is 7.30. The van der Waals surface area contributed by atoms with Crippen LogP contribution in [0.4, 0.5) is 24.9 Å². The molecule has 1 aliphatic rings. The van der Waals surface area contributed by atoms with E-state index in [2.05, 4.69) is 25.3 Å². The highest BCUT2D eigenvalue weighted by atomic mass is 32.1. The van der Waals surface area contributed by atoms with Crippen LogP contribution in [-0.2, 0) is 6.54 Å². The van der Waals surface area contributed by atoms with Gasteiger partial charge in [-0.3, -0.25) is 4.98 Å². The number of aliphatic hydroxyl groups is 1. The maximum atomic E-state index is 12.4. The summed E-state index contributed by atoms with van der Waals surface area (Å²) in [6, 6.07) is 7.73. The molecule has 0 saturated heterocycles. The first-order chi connectivity index (χ1) is 17.8. The Morgan fingerprint density at radius 1 is 1.11 bits per heavy atom. The van der Waals surface area contributed by atoms with Crippen molar-refractivity contribution in [2.75, 3.05) is 17.2 Å². The summed E-state index contributed by atoms with van der Waals surface area (Å²) in [5, 5.41) is 17.1. The third kappa shape index (κ3) is 6.08. The minimum atomic E-state index is -4.73. The van der Waals surface area contributed by atoms with Crippen LogP contribution in [0.15, 0.2) is 42.7 Å². The molecule has 0 radical (unpaired) electrons. The number of pyridine rings is 1. The average molecular weight is 531 g/mol. The van der Waals surface area contributed by atoms with Crippen LogP contribution in [0.2, 0.25) is 0 Å². The van der Waals surface area contributed by atoms with Gasteiger partial charge in [0, 0.05) is 25.4 Å². The summed E-state index contributed by atoms with van der Waals surface area (Å²) < 4.78 is 42.2. The van der Waals surface area contributed by atoms with Gasteiger partial charge in [-0.05, 0) is 55.9 Å². The van der Waals surface area contributed by atoms with E-state index in [-0.39, 0.29) is 24.3 Å². The molecule has 2 atom stereocenters. The van der Waals surface area contributed by atoms with Gasteiger partial charge in [0.1, 0.15) is 22.1 Å². The quantitative estimate of drug-likeness (QED) is 0.273. The number of thiazole rings is 1. The summed E-state index contributed by atoms with van der Waals surface area (Å²) in [5.41, 5.74) is 3.09. The van der Waals surface area contributed by atoms with Gasteiger partial charge in [-0.2, -0.15) is 4.98 Å². The first-order valence-corrected chi connectivity index (χ1v) is 12.6. The molecule has 3 aromatic heterocycles. The molecule has 12 heteroatoms. The Bertz CT molecular complexity index is 1350. The molecule has 0 spiro atoms. The summed E-state index contributed by atoms with van der Waals surface area (Å²) in [5.74, 6) is 1.03. The van der Waals surface area contributed by atoms with E-state index in [1.54, 1.807) is 24.5 Å². The van der Waals surface area contributed by atoms with Crippen LogP contribution >= 0.6 is 11.3 Å². The highest BCUT2D eigenvalue weighted by Gasteiger charge is 2.31. The van der Waals surface area contributed by atoms with Crippen molar-refractivity contribution in [2.24, 2.45) is 5.92 Å². The molecule has 3 N–H and O–H groups in total. The maximum absolute atomic E-state index is 12.4. The molecule has 1 aromatic carbocycles. The van der Waals surface area contributed by atoms with E-state index in [0.29, 0.717) is 18.3 Å². The summed E-state index contributed by atoms with van der Waals surface area (Å²) in [6.07, 6.45) is 1.44. The van der Waals surface area contributed by atoms with E-state index in [9.17, 15) is 18.3 Å². The number of nitrogens with one attached hydrogen (secondary N) is 2. The van der Waals surface area contributed by atoms with E-state index < -0.39 is 6.36 Å². The van der Waals surface area contributed by atoms with E-state index in [4.69, 9.17) is 9.97 Å².